The van der Waals surface area contributed by atoms with Gasteiger partial charge in [-0.05, 0) is 71.8 Å². The van der Waals surface area contributed by atoms with E-state index in [0.29, 0.717) is 16.3 Å². The normalized spacial score (nSPS) is 17.0. The lowest BCUT2D eigenvalue weighted by Crippen LogP contribution is -2.13. The van der Waals surface area contributed by atoms with Crippen LogP contribution in [0.1, 0.15) is 27.0 Å². The molecule has 8 heteroatoms. The van der Waals surface area contributed by atoms with E-state index in [1.807, 2.05) is 56.3 Å². The summed E-state index contributed by atoms with van der Waals surface area (Å²) in [6, 6.07) is 19.8. The zero-order chi connectivity index (χ0) is 23.2. The molecule has 1 unspecified atom stereocenters. The van der Waals surface area contributed by atoms with Crippen LogP contribution < -0.4 is 5.32 Å². The highest BCUT2D eigenvalue weighted by molar-refractivity contribution is 8.15. The molecule has 33 heavy (non-hydrogen) atoms. The number of rotatable bonds is 3. The third kappa shape index (κ3) is 4.20. The van der Waals surface area contributed by atoms with Crippen LogP contribution in [0.2, 0.25) is 0 Å². The number of amides is 1. The monoisotopic (exact) mass is 473 g/mol. The van der Waals surface area contributed by atoms with Gasteiger partial charge in [-0.15, -0.1) is 0 Å². The molecule has 0 bridgehead atoms. The van der Waals surface area contributed by atoms with Crippen LogP contribution in [0.15, 0.2) is 87.1 Å². The van der Waals surface area contributed by atoms with Crippen molar-refractivity contribution in [2.24, 2.45) is 4.40 Å². The first-order valence-electron chi connectivity index (χ1n) is 10.2. The summed E-state index contributed by atoms with van der Waals surface area (Å²) in [5, 5.41) is 4.14. The molecule has 164 valence electrons. The summed E-state index contributed by atoms with van der Waals surface area (Å²) >= 11 is 1.32. The summed E-state index contributed by atoms with van der Waals surface area (Å²) in [6.07, 6.45) is 1.71. The largest absolute Gasteiger partial charge is 0.586 e. The third-order valence-corrected chi connectivity index (χ3v) is 7.96. The lowest BCUT2D eigenvalue weighted by Gasteiger charge is -2.09. The van der Waals surface area contributed by atoms with Crippen molar-refractivity contribution in [2.45, 2.75) is 23.6 Å². The molecule has 4 aromatic rings. The SMILES string of the molecule is Cc1ccc(C)c(SC2=N[S+](=O)([O-])c3cc(C(=O)Nc4ccc5ncccc5c4)ccc32)c1. The number of aromatic nitrogens is 1. The number of nitrogens with zero attached hydrogens (tertiary/aromatic N) is 2. The summed E-state index contributed by atoms with van der Waals surface area (Å²) in [6.45, 7) is 3.96. The number of carbonyl (C=O) groups excluding carboxylic acids is 1. The molecule has 1 amide bonds. The van der Waals surface area contributed by atoms with E-state index in [1.165, 1.54) is 17.8 Å². The molecule has 1 atom stereocenters. The Balaban J connectivity index is 1.42. The standard InChI is InChI=1S/C25H19N3O3S2/c1-15-5-6-16(2)22(12-15)32-25-20-9-7-18(14-23(20)33(30,31)28-25)24(29)27-19-8-10-21-17(13-19)4-3-11-26-21/h3-14H,1-2H3,(H-,27,29,30,31). The highest BCUT2D eigenvalue weighted by atomic mass is 32.3. The van der Waals surface area contributed by atoms with Gasteiger partial charge in [0.25, 0.3) is 5.91 Å². The number of anilines is 1. The minimum atomic E-state index is -3.88. The number of sulfonamides is 1. The molecule has 0 radical (unpaired) electrons. The third-order valence-electron chi connectivity index (χ3n) is 5.37. The number of hydrogen-bond donors (Lipinski definition) is 1. The molecular weight excluding hydrogens is 454 g/mol. The van der Waals surface area contributed by atoms with E-state index >= 15 is 0 Å². The number of benzene rings is 3. The number of carbonyl (C=O) groups is 1. The van der Waals surface area contributed by atoms with Crippen LogP contribution in [0.3, 0.4) is 0 Å². The van der Waals surface area contributed by atoms with E-state index in [-0.39, 0.29) is 10.5 Å². The van der Waals surface area contributed by atoms with E-state index in [0.717, 1.165) is 26.9 Å². The maximum atomic E-state index is 12.9. The zero-order valence-electron chi connectivity index (χ0n) is 17.9. The van der Waals surface area contributed by atoms with Crippen molar-refractivity contribution < 1.29 is 13.6 Å². The maximum absolute atomic E-state index is 12.9. The molecule has 2 heterocycles. The molecule has 1 N–H and O–H groups in total. The Hall–Kier alpha value is -3.33. The smallest absolute Gasteiger partial charge is 0.255 e. The van der Waals surface area contributed by atoms with Crippen molar-refractivity contribution in [1.82, 2.24) is 4.98 Å². The van der Waals surface area contributed by atoms with Crippen molar-refractivity contribution in [1.29, 1.82) is 0 Å². The van der Waals surface area contributed by atoms with Crippen molar-refractivity contribution in [3.8, 4) is 0 Å². The number of aryl methyl sites for hydroxylation is 2. The highest BCUT2D eigenvalue weighted by Gasteiger charge is 2.36. The molecule has 0 saturated carbocycles. The first-order valence-corrected chi connectivity index (χ1v) is 12.5. The van der Waals surface area contributed by atoms with Crippen LogP contribution in [0.5, 0.6) is 0 Å². The Bertz CT molecular complexity index is 1510. The van der Waals surface area contributed by atoms with Crippen LogP contribution in [0.25, 0.3) is 10.9 Å². The first kappa shape index (κ1) is 21.5. The Labute approximate surface area is 196 Å². The lowest BCUT2D eigenvalue weighted by molar-refractivity contribution is 0.102. The average molecular weight is 474 g/mol. The molecule has 1 aromatic heterocycles. The van der Waals surface area contributed by atoms with Gasteiger partial charge in [0, 0.05) is 33.8 Å². The van der Waals surface area contributed by atoms with Crippen LogP contribution >= 0.6 is 11.8 Å². The molecule has 0 spiro atoms. The molecule has 3 aromatic carbocycles. The number of nitrogens with one attached hydrogen (secondary N) is 1. The van der Waals surface area contributed by atoms with Gasteiger partial charge in [0.15, 0.2) is 9.94 Å². The van der Waals surface area contributed by atoms with Crippen molar-refractivity contribution >= 4 is 49.7 Å². The fraction of sp³-hybridized carbons (Fsp3) is 0.0800. The highest BCUT2D eigenvalue weighted by Crippen LogP contribution is 2.38. The molecule has 6 nitrogen and oxygen atoms in total. The number of pyridine rings is 1. The molecular formula is C25H19N3O3S2. The van der Waals surface area contributed by atoms with Crippen LogP contribution in [0.4, 0.5) is 5.69 Å². The van der Waals surface area contributed by atoms with Gasteiger partial charge in [0.2, 0.25) is 10.4 Å². The van der Waals surface area contributed by atoms with Crippen molar-refractivity contribution in [3.63, 3.8) is 0 Å². The Kier molecular flexibility index (Phi) is 5.36. The number of fused-ring (bicyclic) bond motifs is 2. The van der Waals surface area contributed by atoms with Gasteiger partial charge in [-0.3, -0.25) is 9.78 Å². The Morgan fingerprint density at radius 1 is 1.03 bits per heavy atom. The van der Waals surface area contributed by atoms with Gasteiger partial charge in [-0.1, -0.05) is 34.2 Å². The predicted molar refractivity (Wildman–Crippen MR) is 132 cm³/mol. The molecule has 0 fully saturated rings. The topological polar surface area (TPSA) is 94.5 Å². The van der Waals surface area contributed by atoms with Gasteiger partial charge in [-0.2, -0.15) is 0 Å². The van der Waals surface area contributed by atoms with Gasteiger partial charge in [0.1, 0.15) is 0 Å². The van der Waals surface area contributed by atoms with Crippen molar-refractivity contribution in [2.75, 3.05) is 5.32 Å². The lowest BCUT2D eigenvalue weighted by atomic mass is 10.1. The minimum absolute atomic E-state index is 0.0469. The first-order chi connectivity index (χ1) is 15.8. The average Bonchev–Trinajstić information content (AvgIpc) is 3.05. The fourth-order valence-electron chi connectivity index (χ4n) is 3.61. The second-order valence-electron chi connectivity index (χ2n) is 7.82. The Morgan fingerprint density at radius 3 is 2.73 bits per heavy atom. The van der Waals surface area contributed by atoms with E-state index < -0.39 is 16.3 Å². The van der Waals surface area contributed by atoms with E-state index in [2.05, 4.69) is 14.7 Å². The van der Waals surface area contributed by atoms with Crippen molar-refractivity contribution in [3.05, 3.63) is 95.2 Å². The number of thioether (sulfide) groups is 1. The van der Waals surface area contributed by atoms with Gasteiger partial charge in [-0.25, -0.2) is 0 Å². The summed E-state index contributed by atoms with van der Waals surface area (Å²) in [4.78, 5) is 18.1. The summed E-state index contributed by atoms with van der Waals surface area (Å²) in [5.41, 5.74) is 4.31. The van der Waals surface area contributed by atoms with E-state index in [9.17, 15) is 13.6 Å². The van der Waals surface area contributed by atoms with Crippen LogP contribution in [-0.2, 0) is 14.6 Å². The summed E-state index contributed by atoms with van der Waals surface area (Å²) < 4.78 is 29.5. The minimum Gasteiger partial charge on any atom is -0.586 e. The van der Waals surface area contributed by atoms with E-state index in [1.54, 1.807) is 24.4 Å². The van der Waals surface area contributed by atoms with Gasteiger partial charge >= 0.3 is 0 Å². The van der Waals surface area contributed by atoms with Gasteiger partial charge < -0.3 is 9.87 Å². The fourth-order valence-corrected chi connectivity index (χ4v) is 6.22. The Morgan fingerprint density at radius 2 is 1.88 bits per heavy atom. The van der Waals surface area contributed by atoms with Crippen LogP contribution in [0, 0.1) is 13.8 Å². The second-order valence-corrected chi connectivity index (χ2v) is 10.4. The van der Waals surface area contributed by atoms with E-state index in [4.69, 9.17) is 0 Å². The number of hydrogen-bond acceptors (Lipinski definition) is 5. The van der Waals surface area contributed by atoms with Gasteiger partial charge in [0.05, 0.1) is 11.1 Å². The summed E-state index contributed by atoms with van der Waals surface area (Å²) in [5.74, 6) is -0.396. The molecule has 1 aliphatic rings. The maximum Gasteiger partial charge on any atom is 0.255 e. The summed E-state index contributed by atoms with van der Waals surface area (Å²) in [7, 11) is -3.88. The second kappa shape index (κ2) is 8.22. The predicted octanol–water partition coefficient (Wildman–Crippen LogP) is 5.56. The molecule has 5 rings (SSSR count). The quantitative estimate of drug-likeness (QED) is 0.393. The molecule has 0 aliphatic carbocycles. The van der Waals surface area contributed by atoms with Crippen LogP contribution in [-0.4, -0.2) is 20.5 Å². The zero-order valence-corrected chi connectivity index (χ0v) is 19.5. The molecule has 0 saturated heterocycles. The molecule has 1 aliphatic heterocycles.